The molecule has 9 heteroatoms. The van der Waals surface area contributed by atoms with E-state index < -0.39 is 24.8 Å². The number of nitrogens with zero attached hydrogens (tertiary/aromatic N) is 2. The van der Waals surface area contributed by atoms with Gasteiger partial charge in [-0.2, -0.15) is 18.3 Å². The van der Waals surface area contributed by atoms with E-state index in [0.717, 1.165) is 11.8 Å². The van der Waals surface area contributed by atoms with Gasteiger partial charge in [-0.15, -0.1) is 0 Å². The number of benzene rings is 1. The van der Waals surface area contributed by atoms with Crippen LogP contribution in [-0.4, -0.2) is 40.2 Å². The lowest BCUT2D eigenvalue weighted by Crippen LogP contribution is -2.24. The van der Waals surface area contributed by atoms with E-state index in [-0.39, 0.29) is 18.7 Å². The number of carbonyl (C=O) groups excluding carboxylic acids is 1. The van der Waals surface area contributed by atoms with Gasteiger partial charge in [-0.3, -0.25) is 4.68 Å². The van der Waals surface area contributed by atoms with Crippen LogP contribution in [0.15, 0.2) is 36.5 Å². The Hall–Kier alpha value is -2.55. The Labute approximate surface area is 141 Å². The highest BCUT2D eigenvalue weighted by molar-refractivity contribution is 5.74. The molecular formula is C16H17F3N2O4. The quantitative estimate of drug-likeness (QED) is 0.768. The standard InChI is InChI=1S/C16H17F3N2O4/c1-24-15(23)13(22)8-11-4-2-3-5-14(11)25-9-12-6-7-20-21(12)10-16(17,18)19/h2-7,13,22H,8-10H2,1H3. The van der Waals surface area contributed by atoms with E-state index in [4.69, 9.17) is 4.74 Å². The molecule has 1 heterocycles. The van der Waals surface area contributed by atoms with Crippen molar-refractivity contribution in [3.8, 4) is 5.75 Å². The summed E-state index contributed by atoms with van der Waals surface area (Å²) in [5, 5.41) is 13.4. The van der Waals surface area contributed by atoms with Gasteiger partial charge in [0, 0.05) is 12.6 Å². The molecule has 0 bridgehead atoms. The number of hydrogen-bond acceptors (Lipinski definition) is 5. The van der Waals surface area contributed by atoms with Crippen molar-refractivity contribution in [2.75, 3.05) is 7.11 Å². The molecule has 2 aromatic rings. The van der Waals surface area contributed by atoms with Crippen molar-refractivity contribution in [1.29, 1.82) is 0 Å². The maximum atomic E-state index is 12.5. The van der Waals surface area contributed by atoms with Crippen LogP contribution in [0.4, 0.5) is 13.2 Å². The summed E-state index contributed by atoms with van der Waals surface area (Å²) in [6.07, 6.45) is -4.52. The minimum Gasteiger partial charge on any atom is -0.487 e. The highest BCUT2D eigenvalue weighted by Crippen LogP contribution is 2.22. The van der Waals surface area contributed by atoms with Crippen molar-refractivity contribution in [2.24, 2.45) is 0 Å². The first-order valence-electron chi connectivity index (χ1n) is 7.34. The molecule has 1 N–H and O–H groups in total. The van der Waals surface area contributed by atoms with E-state index in [0.29, 0.717) is 11.3 Å². The second kappa shape index (κ2) is 8.02. The smallest absolute Gasteiger partial charge is 0.408 e. The number of aromatic nitrogens is 2. The molecule has 0 radical (unpaired) electrons. The van der Waals surface area contributed by atoms with Crippen LogP contribution in [0.1, 0.15) is 11.3 Å². The first-order valence-corrected chi connectivity index (χ1v) is 7.34. The zero-order valence-electron chi connectivity index (χ0n) is 13.4. The zero-order chi connectivity index (χ0) is 18.4. The van der Waals surface area contributed by atoms with Gasteiger partial charge in [0.05, 0.1) is 12.8 Å². The molecule has 0 saturated heterocycles. The molecule has 0 fully saturated rings. The SMILES string of the molecule is COC(=O)C(O)Cc1ccccc1OCc1ccnn1CC(F)(F)F. The fourth-order valence-corrected chi connectivity index (χ4v) is 2.19. The highest BCUT2D eigenvalue weighted by atomic mass is 19.4. The molecule has 1 atom stereocenters. The molecule has 6 nitrogen and oxygen atoms in total. The number of aliphatic hydroxyl groups excluding tert-OH is 1. The number of hydrogen-bond donors (Lipinski definition) is 1. The van der Waals surface area contributed by atoms with Crippen LogP contribution in [0.5, 0.6) is 5.75 Å². The van der Waals surface area contributed by atoms with Gasteiger partial charge in [0.25, 0.3) is 0 Å². The third-order valence-corrected chi connectivity index (χ3v) is 3.37. The second-order valence-electron chi connectivity index (χ2n) is 5.23. The summed E-state index contributed by atoms with van der Waals surface area (Å²) >= 11 is 0. The van der Waals surface area contributed by atoms with Crippen LogP contribution in [0, 0.1) is 0 Å². The Balaban J connectivity index is 2.07. The summed E-state index contributed by atoms with van der Waals surface area (Å²) in [5.41, 5.74) is 0.780. The van der Waals surface area contributed by atoms with Crippen LogP contribution in [0.25, 0.3) is 0 Å². The van der Waals surface area contributed by atoms with Crippen LogP contribution >= 0.6 is 0 Å². The van der Waals surface area contributed by atoms with Gasteiger partial charge in [-0.1, -0.05) is 18.2 Å². The fourth-order valence-electron chi connectivity index (χ4n) is 2.19. The summed E-state index contributed by atoms with van der Waals surface area (Å²) in [4.78, 5) is 11.3. The lowest BCUT2D eigenvalue weighted by Gasteiger charge is -2.15. The maximum Gasteiger partial charge on any atom is 0.408 e. The Morgan fingerprint density at radius 3 is 2.72 bits per heavy atom. The van der Waals surface area contributed by atoms with Crippen molar-refractivity contribution in [1.82, 2.24) is 9.78 Å². The maximum absolute atomic E-state index is 12.5. The van der Waals surface area contributed by atoms with Gasteiger partial charge in [-0.25, -0.2) is 4.79 Å². The van der Waals surface area contributed by atoms with Crippen LogP contribution < -0.4 is 4.74 Å². The summed E-state index contributed by atoms with van der Waals surface area (Å²) in [6, 6.07) is 8.05. The van der Waals surface area contributed by atoms with Gasteiger partial charge in [0.1, 0.15) is 18.9 Å². The first-order chi connectivity index (χ1) is 11.8. The van der Waals surface area contributed by atoms with E-state index in [1.807, 2.05) is 0 Å². The number of methoxy groups -OCH3 is 1. The molecule has 0 spiro atoms. The van der Waals surface area contributed by atoms with Crippen LogP contribution in [0.3, 0.4) is 0 Å². The lowest BCUT2D eigenvalue weighted by molar-refractivity contribution is -0.150. The van der Waals surface area contributed by atoms with Crippen molar-refractivity contribution < 1.29 is 32.5 Å². The molecule has 1 unspecified atom stereocenters. The second-order valence-corrected chi connectivity index (χ2v) is 5.23. The number of rotatable bonds is 7. The molecule has 2 rings (SSSR count). The Kier molecular flexibility index (Phi) is 6.02. The van der Waals surface area contributed by atoms with Crippen molar-refractivity contribution >= 4 is 5.97 Å². The molecule has 1 aromatic carbocycles. The van der Waals surface area contributed by atoms with Gasteiger partial charge in [-0.05, 0) is 17.7 Å². The molecule has 0 aliphatic heterocycles. The minimum atomic E-state index is -4.39. The normalized spacial score (nSPS) is 12.7. The van der Waals surface area contributed by atoms with Gasteiger partial charge in [0.15, 0.2) is 6.10 Å². The van der Waals surface area contributed by atoms with Gasteiger partial charge < -0.3 is 14.6 Å². The average Bonchev–Trinajstić information content (AvgIpc) is 2.98. The fraction of sp³-hybridized carbons (Fsp3) is 0.375. The molecule has 0 saturated carbocycles. The molecule has 1 aromatic heterocycles. The number of carbonyl (C=O) groups is 1. The monoisotopic (exact) mass is 358 g/mol. The Morgan fingerprint density at radius 2 is 2.04 bits per heavy atom. The number of aliphatic hydroxyl groups is 1. The predicted octanol–water partition coefficient (Wildman–Crippen LogP) is 2.10. The third-order valence-electron chi connectivity index (χ3n) is 3.37. The Bertz CT molecular complexity index is 715. The highest BCUT2D eigenvalue weighted by Gasteiger charge is 2.29. The number of para-hydroxylation sites is 1. The molecule has 0 aliphatic rings. The summed E-state index contributed by atoms with van der Waals surface area (Å²) in [5.74, 6) is -0.428. The van der Waals surface area contributed by atoms with Crippen molar-refractivity contribution in [3.63, 3.8) is 0 Å². The summed E-state index contributed by atoms with van der Waals surface area (Å²) in [6.45, 7) is -1.34. The number of alkyl halides is 3. The van der Waals surface area contributed by atoms with Crippen molar-refractivity contribution in [2.45, 2.75) is 31.9 Å². The lowest BCUT2D eigenvalue weighted by atomic mass is 10.1. The number of ether oxygens (including phenoxy) is 2. The molecule has 0 amide bonds. The van der Waals surface area contributed by atoms with E-state index in [1.165, 1.54) is 12.3 Å². The largest absolute Gasteiger partial charge is 0.487 e. The molecule has 0 aliphatic carbocycles. The molecule has 136 valence electrons. The van der Waals surface area contributed by atoms with Gasteiger partial charge >= 0.3 is 12.1 Å². The topological polar surface area (TPSA) is 73.6 Å². The van der Waals surface area contributed by atoms with E-state index in [9.17, 15) is 23.1 Å². The first kappa shape index (κ1) is 18.8. The summed E-state index contributed by atoms with van der Waals surface area (Å²) in [7, 11) is 1.16. The van der Waals surface area contributed by atoms with E-state index in [1.54, 1.807) is 24.3 Å². The molecular weight excluding hydrogens is 341 g/mol. The van der Waals surface area contributed by atoms with Crippen LogP contribution in [-0.2, 0) is 29.1 Å². The van der Waals surface area contributed by atoms with E-state index in [2.05, 4.69) is 9.84 Å². The van der Waals surface area contributed by atoms with Crippen LogP contribution in [0.2, 0.25) is 0 Å². The number of esters is 1. The summed E-state index contributed by atoms with van der Waals surface area (Å²) < 4.78 is 48.3. The van der Waals surface area contributed by atoms with Crippen molar-refractivity contribution in [3.05, 3.63) is 47.8 Å². The predicted molar refractivity (Wildman–Crippen MR) is 80.8 cm³/mol. The minimum absolute atomic E-state index is 0.0370. The van der Waals surface area contributed by atoms with E-state index >= 15 is 0 Å². The van der Waals surface area contributed by atoms with Gasteiger partial charge in [0.2, 0.25) is 0 Å². The zero-order valence-corrected chi connectivity index (χ0v) is 13.4. The number of halogens is 3. The third kappa shape index (κ3) is 5.49. The Morgan fingerprint density at radius 1 is 1.32 bits per heavy atom. The average molecular weight is 358 g/mol. The molecule has 25 heavy (non-hydrogen) atoms.